The Kier molecular flexibility index (Phi) is 5.15. The highest BCUT2D eigenvalue weighted by Crippen LogP contribution is 2.25. The number of carbonyl (C=O) groups is 1. The van der Waals surface area contributed by atoms with E-state index in [2.05, 4.69) is 10.1 Å². The van der Waals surface area contributed by atoms with Crippen molar-refractivity contribution in [2.75, 3.05) is 0 Å². The Labute approximate surface area is 133 Å². The van der Waals surface area contributed by atoms with Crippen molar-refractivity contribution in [2.24, 2.45) is 5.92 Å². The van der Waals surface area contributed by atoms with E-state index < -0.39 is 0 Å². The third-order valence-corrected chi connectivity index (χ3v) is 3.36. The van der Waals surface area contributed by atoms with E-state index in [4.69, 9.17) is 23.2 Å². The quantitative estimate of drug-likeness (QED) is 0.775. The number of aromatic nitrogens is 3. The molecule has 1 aromatic heterocycles. The lowest BCUT2D eigenvalue weighted by atomic mass is 10.0. The molecule has 0 atom stereocenters. The van der Waals surface area contributed by atoms with Crippen LogP contribution in [-0.2, 0) is 4.79 Å². The molecule has 0 saturated heterocycles. The van der Waals surface area contributed by atoms with Crippen molar-refractivity contribution in [3.8, 4) is 0 Å². The average Bonchev–Trinajstić information content (AvgIpc) is 2.90. The molecule has 0 unspecified atom stereocenters. The van der Waals surface area contributed by atoms with Crippen molar-refractivity contribution in [3.63, 3.8) is 0 Å². The lowest BCUT2D eigenvalue weighted by Gasteiger charge is -2.09. The van der Waals surface area contributed by atoms with Crippen molar-refractivity contribution in [3.05, 3.63) is 46.5 Å². The maximum Gasteiger partial charge on any atom is 0.181 e. The minimum absolute atomic E-state index is 0.0125. The summed E-state index contributed by atoms with van der Waals surface area (Å²) >= 11 is 12.0. The number of benzene rings is 1. The first-order valence-electron chi connectivity index (χ1n) is 6.52. The normalized spacial score (nSPS) is 12.0. The molecular formula is C15H15Cl2N3O. The van der Waals surface area contributed by atoms with Crippen LogP contribution in [0.1, 0.15) is 25.8 Å². The number of ketones is 1. The lowest BCUT2D eigenvalue weighted by Crippen LogP contribution is -2.11. The second-order valence-electron chi connectivity index (χ2n) is 5.06. The van der Waals surface area contributed by atoms with Crippen molar-refractivity contribution in [2.45, 2.75) is 20.3 Å². The van der Waals surface area contributed by atoms with Crippen LogP contribution in [0.25, 0.3) is 11.8 Å². The van der Waals surface area contributed by atoms with Crippen LogP contribution in [-0.4, -0.2) is 20.5 Å². The summed E-state index contributed by atoms with van der Waals surface area (Å²) in [5.41, 5.74) is 1.15. The zero-order valence-corrected chi connectivity index (χ0v) is 13.3. The molecule has 2 rings (SSSR count). The van der Waals surface area contributed by atoms with Gasteiger partial charge in [0.05, 0.1) is 0 Å². The predicted molar refractivity (Wildman–Crippen MR) is 85.1 cm³/mol. The maximum atomic E-state index is 12.4. The molecule has 0 aliphatic heterocycles. The van der Waals surface area contributed by atoms with E-state index in [1.165, 1.54) is 17.3 Å². The Morgan fingerprint density at radius 2 is 2.14 bits per heavy atom. The molecule has 21 heavy (non-hydrogen) atoms. The number of halogens is 2. The number of rotatable bonds is 5. The molecule has 0 N–H and O–H groups in total. The van der Waals surface area contributed by atoms with Gasteiger partial charge in [-0.3, -0.25) is 4.79 Å². The highest BCUT2D eigenvalue weighted by atomic mass is 35.5. The number of hydrogen-bond donors (Lipinski definition) is 0. The highest BCUT2D eigenvalue weighted by molar-refractivity contribution is 6.36. The molecular weight excluding hydrogens is 309 g/mol. The van der Waals surface area contributed by atoms with Gasteiger partial charge in [-0.1, -0.05) is 43.1 Å². The molecule has 0 aliphatic carbocycles. The monoisotopic (exact) mass is 323 g/mol. The Bertz CT molecular complexity index is 664. The molecule has 0 saturated carbocycles. The fourth-order valence-corrected chi connectivity index (χ4v) is 2.31. The van der Waals surface area contributed by atoms with Crippen LogP contribution in [0.5, 0.6) is 0 Å². The summed E-state index contributed by atoms with van der Waals surface area (Å²) in [6.07, 6.45) is 5.02. The first kappa shape index (κ1) is 15.7. The van der Waals surface area contributed by atoms with Crippen molar-refractivity contribution in [1.82, 2.24) is 14.8 Å². The van der Waals surface area contributed by atoms with Crippen molar-refractivity contribution >= 4 is 40.8 Å². The van der Waals surface area contributed by atoms with Gasteiger partial charge in [0, 0.05) is 16.5 Å². The van der Waals surface area contributed by atoms with Gasteiger partial charge < -0.3 is 0 Å². The smallest absolute Gasteiger partial charge is 0.181 e. The van der Waals surface area contributed by atoms with Gasteiger partial charge in [-0.15, -0.1) is 0 Å². The Morgan fingerprint density at radius 1 is 1.38 bits per heavy atom. The molecule has 1 heterocycles. The second kappa shape index (κ2) is 6.87. The molecule has 6 heteroatoms. The van der Waals surface area contributed by atoms with Gasteiger partial charge in [0.25, 0.3) is 0 Å². The molecule has 110 valence electrons. The number of allylic oxidation sites excluding steroid dienone is 1. The average molecular weight is 324 g/mol. The first-order valence-corrected chi connectivity index (χ1v) is 7.28. The second-order valence-corrected chi connectivity index (χ2v) is 5.90. The summed E-state index contributed by atoms with van der Waals surface area (Å²) in [6, 6.07) is 5.14. The van der Waals surface area contributed by atoms with Crippen LogP contribution in [0.2, 0.25) is 10.0 Å². The zero-order chi connectivity index (χ0) is 15.4. The molecule has 2 aromatic rings. The summed E-state index contributed by atoms with van der Waals surface area (Å²) in [6.45, 7) is 3.98. The van der Waals surface area contributed by atoms with Gasteiger partial charge in [-0.2, -0.15) is 5.10 Å². The van der Waals surface area contributed by atoms with Crippen LogP contribution in [0.4, 0.5) is 0 Å². The fraction of sp³-hybridized carbons (Fsp3) is 0.267. The standard InChI is InChI=1S/C15H15Cl2N3O/c1-10(2)5-15(21)14(20-9-18-8-19-20)6-11-3-4-12(16)7-13(11)17/h3-4,6-10H,5H2,1-2H3/b14-6-. The Hall–Kier alpha value is -1.65. The third-order valence-electron chi connectivity index (χ3n) is 2.80. The fourth-order valence-electron chi connectivity index (χ4n) is 1.85. The van der Waals surface area contributed by atoms with Crippen molar-refractivity contribution in [1.29, 1.82) is 0 Å². The molecule has 0 fully saturated rings. The van der Waals surface area contributed by atoms with E-state index in [-0.39, 0.29) is 11.7 Å². The van der Waals surface area contributed by atoms with Gasteiger partial charge in [-0.25, -0.2) is 9.67 Å². The summed E-state index contributed by atoms with van der Waals surface area (Å²) < 4.78 is 1.45. The number of nitrogens with zero attached hydrogens (tertiary/aromatic N) is 3. The number of hydrogen-bond acceptors (Lipinski definition) is 3. The Balaban J connectivity index is 2.44. The first-order chi connectivity index (χ1) is 9.97. The molecule has 0 spiro atoms. The topological polar surface area (TPSA) is 47.8 Å². The van der Waals surface area contributed by atoms with Crippen LogP contribution in [0.3, 0.4) is 0 Å². The van der Waals surface area contributed by atoms with E-state index in [1.54, 1.807) is 24.3 Å². The van der Waals surface area contributed by atoms with E-state index in [0.29, 0.717) is 27.7 Å². The van der Waals surface area contributed by atoms with Crippen LogP contribution in [0.15, 0.2) is 30.9 Å². The van der Waals surface area contributed by atoms with Gasteiger partial charge in [0.15, 0.2) is 5.78 Å². The van der Waals surface area contributed by atoms with Gasteiger partial charge in [0.2, 0.25) is 0 Å². The largest absolute Gasteiger partial charge is 0.292 e. The van der Waals surface area contributed by atoms with Gasteiger partial charge in [-0.05, 0) is 29.7 Å². The molecule has 0 radical (unpaired) electrons. The molecule has 0 bridgehead atoms. The molecule has 0 aliphatic rings. The predicted octanol–water partition coefficient (Wildman–Crippen LogP) is 4.20. The zero-order valence-electron chi connectivity index (χ0n) is 11.8. The highest BCUT2D eigenvalue weighted by Gasteiger charge is 2.15. The molecule has 0 amide bonds. The summed E-state index contributed by atoms with van der Waals surface area (Å²) in [5.74, 6) is 0.242. The van der Waals surface area contributed by atoms with E-state index in [0.717, 1.165) is 0 Å². The lowest BCUT2D eigenvalue weighted by molar-refractivity contribution is -0.114. The summed E-state index contributed by atoms with van der Waals surface area (Å²) in [4.78, 5) is 16.3. The maximum absolute atomic E-state index is 12.4. The SMILES string of the molecule is CC(C)CC(=O)/C(=C/c1ccc(Cl)cc1Cl)n1cncn1. The minimum Gasteiger partial charge on any atom is -0.292 e. The van der Waals surface area contributed by atoms with E-state index in [9.17, 15) is 4.79 Å². The minimum atomic E-state index is -0.0125. The number of Topliss-reactive ketones (excluding diaryl/α,β-unsaturated/α-hetero) is 1. The van der Waals surface area contributed by atoms with E-state index >= 15 is 0 Å². The molecule has 1 aromatic carbocycles. The Morgan fingerprint density at radius 3 is 2.71 bits per heavy atom. The molecule has 4 nitrogen and oxygen atoms in total. The van der Waals surface area contributed by atoms with Crippen molar-refractivity contribution < 1.29 is 4.79 Å². The summed E-state index contributed by atoms with van der Waals surface area (Å²) in [7, 11) is 0. The van der Waals surface area contributed by atoms with Gasteiger partial charge in [0.1, 0.15) is 18.4 Å². The van der Waals surface area contributed by atoms with Crippen LogP contribution < -0.4 is 0 Å². The summed E-state index contributed by atoms with van der Waals surface area (Å²) in [5, 5.41) is 5.07. The van der Waals surface area contributed by atoms with E-state index in [1.807, 2.05) is 13.8 Å². The van der Waals surface area contributed by atoms with Gasteiger partial charge >= 0.3 is 0 Å². The third kappa shape index (κ3) is 4.16. The number of carbonyl (C=O) groups excluding carboxylic acids is 1. The van der Waals surface area contributed by atoms with Crippen LogP contribution in [0, 0.1) is 5.92 Å². The van der Waals surface area contributed by atoms with Crippen LogP contribution >= 0.6 is 23.2 Å².